The number of phenols is 2. The number of likely N-dealkylation sites (N-methyl/N-ethyl adjacent to an activating group) is 1. The maximum atomic E-state index is 11.7. The lowest BCUT2D eigenvalue weighted by atomic mass is 10.0. The maximum absolute atomic E-state index is 11.7. The first-order chi connectivity index (χ1) is 28.7. The average Bonchev–Trinajstić information content (AvgIpc) is 3.14. The quantitative estimate of drug-likeness (QED) is 0.0432. The molecule has 2 aromatic rings. The Morgan fingerprint density at radius 3 is 1.54 bits per heavy atom. The number of unbranched alkanes of at least 4 members (excludes halogenated alkanes) is 3. The van der Waals surface area contributed by atoms with E-state index in [2.05, 4.69) is 10.2 Å². The van der Waals surface area contributed by atoms with Crippen molar-refractivity contribution in [2.24, 2.45) is 0 Å². The van der Waals surface area contributed by atoms with Crippen molar-refractivity contribution in [1.29, 1.82) is 0 Å². The summed E-state index contributed by atoms with van der Waals surface area (Å²) in [6.07, 6.45) is 3.74. The molecular weight excluding hydrogens is 814 g/mol. The number of benzene rings is 2. The molecule has 0 spiro atoms. The average molecular weight is 870 g/mol. The van der Waals surface area contributed by atoms with E-state index in [1.165, 1.54) is 36.3 Å². The van der Waals surface area contributed by atoms with Crippen molar-refractivity contribution in [2.45, 2.75) is 57.2 Å². The van der Waals surface area contributed by atoms with Gasteiger partial charge in [-0.15, -0.1) is 0 Å². The van der Waals surface area contributed by atoms with Crippen molar-refractivity contribution >= 4 is 47.7 Å². The van der Waals surface area contributed by atoms with Gasteiger partial charge >= 0.3 is 41.8 Å². The third-order valence-corrected chi connectivity index (χ3v) is 8.25. The Hall–Kier alpha value is -6.40. The third kappa shape index (κ3) is 23.1. The van der Waals surface area contributed by atoms with Gasteiger partial charge in [-0.2, -0.15) is 0 Å². The lowest BCUT2D eigenvalue weighted by molar-refractivity contribution is -0.150. The first kappa shape index (κ1) is 54.6. The number of phenolic OH excluding ortho intramolecular Hbond substituents is 2. The van der Waals surface area contributed by atoms with Crippen LogP contribution in [-0.2, 0) is 43.2 Å². The summed E-state index contributed by atoms with van der Waals surface area (Å²) in [7, 11) is 2.79. The number of hydroxylamine groups is 1. The zero-order chi connectivity index (χ0) is 46.7. The molecule has 0 radical (unpaired) electrons. The molecule has 1 amide bonds. The summed E-state index contributed by atoms with van der Waals surface area (Å²) in [5.74, 6) is -9.22. The van der Waals surface area contributed by atoms with Gasteiger partial charge in [-0.05, 0) is 25.6 Å². The van der Waals surface area contributed by atoms with Crippen LogP contribution in [0.5, 0.6) is 11.5 Å². The van der Waals surface area contributed by atoms with E-state index >= 15 is 0 Å². The Labute approximate surface area is 350 Å². The second-order valence-electron chi connectivity index (χ2n) is 13.1. The normalized spacial score (nSPS) is 12.2. The minimum Gasteiger partial charge on any atom is -0.508 e. The number of aromatic hydroxyl groups is 2. The zero-order valence-electron chi connectivity index (χ0n) is 33.9. The van der Waals surface area contributed by atoms with Crippen LogP contribution in [0.15, 0.2) is 48.5 Å². The molecule has 0 fully saturated rings. The number of carbonyl (C=O) groups excluding carboxylic acids is 1. The summed E-state index contributed by atoms with van der Waals surface area (Å²) in [6, 6.07) is 9.02. The van der Waals surface area contributed by atoms with E-state index in [1.54, 1.807) is 31.3 Å². The lowest BCUT2D eigenvalue weighted by Crippen LogP contribution is -2.46. The first-order valence-corrected chi connectivity index (χ1v) is 18.5. The second-order valence-corrected chi connectivity index (χ2v) is 13.1. The Balaban J connectivity index is 0.000000934. The number of nitrogens with zero attached hydrogens (tertiary/aromatic N) is 3. The van der Waals surface area contributed by atoms with E-state index < -0.39 is 92.0 Å². The van der Waals surface area contributed by atoms with Gasteiger partial charge in [0.2, 0.25) is 0 Å². The van der Waals surface area contributed by atoms with Gasteiger partial charge in [-0.3, -0.25) is 63.2 Å². The number of carboxylic acids is 7. The number of carbonyl (C=O) groups is 8. The van der Waals surface area contributed by atoms with E-state index in [0.29, 0.717) is 6.42 Å². The fraction of sp³-hybridized carbons (Fsp3) is 0.474. The molecule has 23 heteroatoms. The summed E-state index contributed by atoms with van der Waals surface area (Å²) in [6.45, 7) is -0.203. The van der Waals surface area contributed by atoms with Crippen LogP contribution in [0.25, 0.3) is 0 Å². The Morgan fingerprint density at radius 2 is 1.13 bits per heavy atom. The number of carboxylic acid groups (broad SMARTS) is 7. The molecule has 340 valence electrons. The number of hydrogen-bond acceptors (Lipinski definition) is 15. The fourth-order valence-electron chi connectivity index (χ4n) is 5.60. The smallest absolute Gasteiger partial charge is 0.325 e. The van der Waals surface area contributed by atoms with Gasteiger partial charge in [0.1, 0.15) is 29.6 Å². The van der Waals surface area contributed by atoms with Crippen molar-refractivity contribution in [3.63, 3.8) is 0 Å². The molecule has 2 rings (SSSR count). The Morgan fingerprint density at radius 1 is 0.639 bits per heavy atom. The molecule has 3 unspecified atom stereocenters. The van der Waals surface area contributed by atoms with Crippen LogP contribution >= 0.6 is 0 Å². The van der Waals surface area contributed by atoms with Crippen molar-refractivity contribution in [2.75, 3.05) is 60.0 Å². The predicted molar refractivity (Wildman–Crippen MR) is 211 cm³/mol. The molecule has 0 saturated heterocycles. The standard InChI is InChI=1S/C19H22N2O6.C12H21NO6.C7H12N2O6/c1-21(17(19(26)27)13-7-3-5-9-15(13)23)11-10-20-16(18(24)25)12-6-2-4-8-14(12)22;1-2-3-4-5-6-9(12(18)19)13(7-10(14)15)8-11(16)17;1-15-8-5(10)2-9(3-6(11)12)4-7(13)14/h2-9,16-17,20,22-23H,10-11H2,1H3,(H,24,25)(H,26,27);9H,2-8H2,1H3,(H,14,15)(H,16,17)(H,18,19);2-4H2,1H3,(H,8,10)(H,11,12)(H,13,14). The Bertz CT molecular complexity index is 1710. The van der Waals surface area contributed by atoms with E-state index in [9.17, 15) is 58.8 Å². The van der Waals surface area contributed by atoms with Crippen LogP contribution < -0.4 is 10.8 Å². The second kappa shape index (κ2) is 29.8. The van der Waals surface area contributed by atoms with Crippen LogP contribution in [0.1, 0.15) is 62.2 Å². The van der Waals surface area contributed by atoms with E-state index in [1.807, 2.05) is 12.4 Å². The van der Waals surface area contributed by atoms with Crippen molar-refractivity contribution in [1.82, 2.24) is 25.5 Å². The van der Waals surface area contributed by atoms with Crippen LogP contribution in [0, 0.1) is 0 Å². The number of para-hydroxylation sites is 2. The van der Waals surface area contributed by atoms with Crippen molar-refractivity contribution in [3.8, 4) is 11.5 Å². The molecule has 61 heavy (non-hydrogen) atoms. The zero-order valence-corrected chi connectivity index (χ0v) is 33.9. The SMILES string of the molecule is CCCCCCC(C(=O)O)N(CC(=O)O)CC(=O)O.CN(CCNC(C(=O)O)c1ccccc1O)C(C(=O)O)c1ccccc1O.CONC(=O)CN(CC(=O)O)CC(=O)O. The van der Waals surface area contributed by atoms with Gasteiger partial charge in [0.05, 0.1) is 39.8 Å². The van der Waals surface area contributed by atoms with Crippen LogP contribution in [0.3, 0.4) is 0 Å². The Kier molecular flexibility index (Phi) is 26.6. The van der Waals surface area contributed by atoms with Crippen LogP contribution in [-0.4, -0.2) is 174 Å². The van der Waals surface area contributed by atoms with Gasteiger partial charge in [0.15, 0.2) is 0 Å². The molecule has 0 aliphatic heterocycles. The van der Waals surface area contributed by atoms with E-state index in [0.717, 1.165) is 29.1 Å². The molecular formula is C38H55N5O18. The summed E-state index contributed by atoms with van der Waals surface area (Å²) in [5.41, 5.74) is 2.43. The number of amides is 1. The monoisotopic (exact) mass is 869 g/mol. The number of nitrogens with one attached hydrogen (secondary N) is 2. The van der Waals surface area contributed by atoms with Crippen LogP contribution in [0.2, 0.25) is 0 Å². The summed E-state index contributed by atoms with van der Waals surface area (Å²) >= 11 is 0. The molecule has 11 N–H and O–H groups in total. The maximum Gasteiger partial charge on any atom is 0.325 e. The molecule has 0 aromatic heterocycles. The first-order valence-electron chi connectivity index (χ1n) is 18.5. The minimum atomic E-state index is -1.24. The van der Waals surface area contributed by atoms with Gasteiger partial charge < -0.3 is 46.0 Å². The molecule has 3 atom stereocenters. The highest BCUT2D eigenvalue weighted by atomic mass is 16.6. The molecule has 0 heterocycles. The molecule has 0 saturated carbocycles. The molecule has 23 nitrogen and oxygen atoms in total. The summed E-state index contributed by atoms with van der Waals surface area (Å²) in [5, 5.41) is 85.0. The number of aliphatic carboxylic acids is 7. The van der Waals surface area contributed by atoms with Gasteiger partial charge in [-0.25, -0.2) is 5.48 Å². The van der Waals surface area contributed by atoms with Crippen molar-refractivity contribution in [3.05, 3.63) is 59.7 Å². The molecule has 0 bridgehead atoms. The van der Waals surface area contributed by atoms with Gasteiger partial charge in [0.25, 0.3) is 5.91 Å². The summed E-state index contributed by atoms with van der Waals surface area (Å²) < 4.78 is 0. The van der Waals surface area contributed by atoms with E-state index in [4.69, 9.17) is 25.5 Å². The minimum absolute atomic E-state index is 0.123. The topological polar surface area (TPSA) is 362 Å². The highest BCUT2D eigenvalue weighted by molar-refractivity contribution is 5.80. The third-order valence-electron chi connectivity index (χ3n) is 8.25. The van der Waals surface area contributed by atoms with Gasteiger partial charge in [0, 0.05) is 24.2 Å². The van der Waals surface area contributed by atoms with Gasteiger partial charge in [-0.1, -0.05) is 69.0 Å². The number of hydrogen-bond donors (Lipinski definition) is 11. The highest BCUT2D eigenvalue weighted by Gasteiger charge is 2.29. The fourth-order valence-corrected chi connectivity index (χ4v) is 5.60. The largest absolute Gasteiger partial charge is 0.508 e. The molecule has 2 aromatic carbocycles. The summed E-state index contributed by atoms with van der Waals surface area (Å²) in [4.78, 5) is 95.0. The molecule has 0 aliphatic carbocycles. The van der Waals surface area contributed by atoms with Crippen LogP contribution in [0.4, 0.5) is 0 Å². The van der Waals surface area contributed by atoms with E-state index in [-0.39, 0.29) is 48.7 Å². The highest BCUT2D eigenvalue weighted by Crippen LogP contribution is 2.28. The number of rotatable bonds is 27. The molecule has 0 aliphatic rings. The lowest BCUT2D eigenvalue weighted by Gasteiger charge is -2.26. The predicted octanol–water partition coefficient (Wildman–Crippen LogP) is 0.587. The van der Waals surface area contributed by atoms with Crippen molar-refractivity contribution < 1.29 is 89.2 Å².